The van der Waals surface area contributed by atoms with Crippen molar-refractivity contribution in [2.75, 3.05) is 24.6 Å². The molecule has 0 aliphatic carbocycles. The van der Waals surface area contributed by atoms with Gasteiger partial charge in [0.2, 0.25) is 11.8 Å². The molecule has 3 aromatic rings. The number of aliphatic hydroxyl groups excluding tert-OH is 1. The number of carbonyl (C=O) groups is 4. The van der Waals surface area contributed by atoms with Crippen molar-refractivity contribution in [3.63, 3.8) is 0 Å². The number of nitrogens with zero attached hydrogens (tertiary/aromatic N) is 2. The fourth-order valence-corrected chi connectivity index (χ4v) is 8.28. The Morgan fingerprint density at radius 3 is 2.31 bits per heavy atom. The van der Waals surface area contributed by atoms with E-state index in [-0.39, 0.29) is 37.7 Å². The quantitative estimate of drug-likeness (QED) is 0.295. The van der Waals surface area contributed by atoms with Crippen molar-refractivity contribution in [2.24, 2.45) is 11.8 Å². The maximum absolute atomic E-state index is 15.3. The van der Waals surface area contributed by atoms with Crippen LogP contribution in [0.4, 0.5) is 5.69 Å². The summed E-state index contributed by atoms with van der Waals surface area (Å²) in [5, 5.41) is 13.8. The lowest BCUT2D eigenvalue weighted by molar-refractivity contribution is -0.160. The van der Waals surface area contributed by atoms with Crippen LogP contribution in [0.1, 0.15) is 41.2 Å². The maximum Gasteiger partial charge on any atom is 0.313 e. The van der Waals surface area contributed by atoms with E-state index in [4.69, 9.17) is 9.47 Å². The molecule has 7 atom stereocenters. The van der Waals surface area contributed by atoms with E-state index in [1.165, 1.54) is 4.90 Å². The Morgan fingerprint density at radius 1 is 0.902 bits per heavy atom. The first-order chi connectivity index (χ1) is 24.7. The monoisotopic (exact) mass is 689 g/mol. The van der Waals surface area contributed by atoms with Crippen LogP contribution in [0.2, 0.25) is 0 Å². The van der Waals surface area contributed by atoms with E-state index in [1.807, 2.05) is 105 Å². The van der Waals surface area contributed by atoms with E-state index in [1.54, 1.807) is 17.1 Å². The van der Waals surface area contributed by atoms with Crippen molar-refractivity contribution in [2.45, 2.75) is 63.0 Å². The van der Waals surface area contributed by atoms with Crippen LogP contribution < -0.4 is 10.2 Å². The zero-order valence-corrected chi connectivity index (χ0v) is 28.8. The molecule has 0 saturated carbocycles. The number of ether oxygens (including phenoxy) is 2. The molecule has 7 rings (SSSR count). The van der Waals surface area contributed by atoms with E-state index < -0.39 is 60.2 Å². The molecule has 0 radical (unpaired) electrons. The fourth-order valence-electron chi connectivity index (χ4n) is 8.28. The Morgan fingerprint density at radius 2 is 1.61 bits per heavy atom. The highest BCUT2D eigenvalue weighted by atomic mass is 16.6. The minimum absolute atomic E-state index is 0.0490. The van der Waals surface area contributed by atoms with Crippen molar-refractivity contribution in [1.29, 1.82) is 0 Å². The molecule has 3 amide bonds. The number of fused-ring (bicyclic) bond motifs is 2. The molecule has 2 saturated heterocycles. The molecular weight excluding hydrogens is 646 g/mol. The van der Waals surface area contributed by atoms with Crippen LogP contribution in [0, 0.1) is 25.7 Å². The van der Waals surface area contributed by atoms with E-state index in [2.05, 4.69) is 5.32 Å². The molecule has 4 aliphatic heterocycles. The minimum atomic E-state index is -1.48. The number of rotatable bonds is 6. The number of anilines is 1. The Kier molecular flexibility index (Phi) is 9.63. The van der Waals surface area contributed by atoms with Crippen LogP contribution >= 0.6 is 0 Å². The number of aryl methyl sites for hydroxylation is 2. The summed E-state index contributed by atoms with van der Waals surface area (Å²) in [7, 11) is 0. The van der Waals surface area contributed by atoms with E-state index in [0.717, 1.165) is 16.7 Å². The lowest BCUT2D eigenvalue weighted by atomic mass is 9.74. The van der Waals surface area contributed by atoms with Crippen LogP contribution in [-0.2, 0) is 35.1 Å². The second kappa shape index (κ2) is 14.3. The number of allylic oxidation sites excluding steroid dienone is 1. The lowest BCUT2D eigenvalue weighted by Crippen LogP contribution is -2.59. The van der Waals surface area contributed by atoms with Gasteiger partial charge in [-0.25, -0.2) is 0 Å². The van der Waals surface area contributed by atoms with E-state index >= 15 is 4.79 Å². The number of amides is 3. The van der Waals surface area contributed by atoms with Crippen molar-refractivity contribution in [3.05, 3.63) is 125 Å². The zero-order valence-electron chi connectivity index (χ0n) is 28.8. The average molecular weight is 690 g/mol. The van der Waals surface area contributed by atoms with Gasteiger partial charge in [0.1, 0.15) is 23.7 Å². The SMILES string of the molecule is Cc1cccc(C)c1N1C/C=C\CCC(=O)NC[C@H](c2ccccc2)OC(=O)[C@@H]2[C@H]3C(=O)N([C@@H](CO)Cc4ccccc4)[C@H](C1=O)[C@]31C=C[C@H]2O1. The van der Waals surface area contributed by atoms with Crippen LogP contribution in [0.25, 0.3) is 0 Å². The van der Waals surface area contributed by atoms with Gasteiger partial charge >= 0.3 is 5.97 Å². The number of benzene rings is 3. The lowest BCUT2D eigenvalue weighted by Gasteiger charge is -2.39. The topological polar surface area (TPSA) is 125 Å². The normalized spacial score (nSPS) is 29.1. The van der Waals surface area contributed by atoms with Gasteiger partial charge in [0.15, 0.2) is 0 Å². The molecule has 2 N–H and O–H groups in total. The molecule has 3 aromatic carbocycles. The molecule has 264 valence electrons. The van der Waals surface area contributed by atoms with E-state index in [0.29, 0.717) is 17.7 Å². The van der Waals surface area contributed by atoms with Crippen LogP contribution in [0.15, 0.2) is 103 Å². The molecule has 4 heterocycles. The standard InChI is InChI=1S/C41H43N3O7/c1-26-13-12-14-27(2)36(26)43-22-11-5-10-19-33(46)42-24-32(29-17-8-4-9-18-29)50-40(49)34-31-20-21-41(51-31)35(34)38(47)44(37(41)39(43)48)30(25-45)23-28-15-6-3-7-16-28/h3-9,11-18,20-21,30-32,34-35,37,45H,10,19,22-25H2,1-2H3,(H,42,46)/b11-5-/t30-,31-,32-,34+,35+,37-,41+/m1/s1. The fraction of sp³-hybridized carbons (Fsp3) is 0.366. The van der Waals surface area contributed by atoms with Gasteiger partial charge in [-0.15, -0.1) is 0 Å². The average Bonchev–Trinajstić information content (AvgIpc) is 3.78. The van der Waals surface area contributed by atoms with Gasteiger partial charge < -0.3 is 29.7 Å². The molecule has 4 aliphatic rings. The second-order valence-electron chi connectivity index (χ2n) is 13.8. The number of carbonyl (C=O) groups excluding carboxylic acids is 4. The molecule has 5 bridgehead atoms. The Labute approximate surface area is 297 Å². The Hall–Kier alpha value is -5.06. The highest BCUT2D eigenvalue weighted by molar-refractivity contribution is 6.06. The number of hydrogen-bond donors (Lipinski definition) is 2. The summed E-state index contributed by atoms with van der Waals surface area (Å²) in [6, 6.07) is 22.5. The molecule has 0 unspecified atom stereocenters. The maximum atomic E-state index is 15.3. The van der Waals surface area contributed by atoms with E-state index in [9.17, 15) is 19.5 Å². The number of cyclic esters (lactones) is 1. The summed E-state index contributed by atoms with van der Waals surface area (Å²) in [6.07, 6.45) is 6.56. The first kappa shape index (κ1) is 34.4. The minimum Gasteiger partial charge on any atom is -0.455 e. The third kappa shape index (κ3) is 6.27. The number of para-hydroxylation sites is 1. The summed E-state index contributed by atoms with van der Waals surface area (Å²) in [5.41, 5.74) is 2.55. The van der Waals surface area contributed by atoms with Gasteiger partial charge in [-0.05, 0) is 48.9 Å². The summed E-state index contributed by atoms with van der Waals surface area (Å²) in [4.78, 5) is 60.7. The molecule has 0 aromatic heterocycles. The summed E-state index contributed by atoms with van der Waals surface area (Å²) in [6.45, 7) is 3.68. The number of likely N-dealkylation sites (tertiary alicyclic amines) is 1. The predicted molar refractivity (Wildman–Crippen MR) is 190 cm³/mol. The Bertz CT molecular complexity index is 1840. The molecule has 10 nitrogen and oxygen atoms in total. The van der Waals surface area contributed by atoms with Gasteiger partial charge in [-0.3, -0.25) is 19.2 Å². The zero-order chi connectivity index (χ0) is 35.7. The van der Waals surface area contributed by atoms with Crippen molar-refractivity contribution in [3.8, 4) is 0 Å². The summed E-state index contributed by atoms with van der Waals surface area (Å²) < 4.78 is 12.8. The van der Waals surface area contributed by atoms with Crippen LogP contribution in [0.5, 0.6) is 0 Å². The third-order valence-electron chi connectivity index (χ3n) is 10.6. The third-order valence-corrected chi connectivity index (χ3v) is 10.6. The second-order valence-corrected chi connectivity index (χ2v) is 13.8. The van der Waals surface area contributed by atoms with Crippen molar-refractivity contribution in [1.82, 2.24) is 10.2 Å². The molecule has 51 heavy (non-hydrogen) atoms. The predicted octanol–water partition coefficient (Wildman–Crippen LogP) is 4.14. The molecule has 2 fully saturated rings. The number of hydrogen-bond acceptors (Lipinski definition) is 7. The Balaban J connectivity index is 1.36. The van der Waals surface area contributed by atoms with Gasteiger partial charge in [-0.2, -0.15) is 0 Å². The summed E-state index contributed by atoms with van der Waals surface area (Å²) in [5.74, 6) is -3.81. The molecule has 1 spiro atoms. The highest BCUT2D eigenvalue weighted by Gasteiger charge is 2.74. The van der Waals surface area contributed by atoms with Gasteiger partial charge in [-0.1, -0.05) is 103 Å². The summed E-state index contributed by atoms with van der Waals surface area (Å²) >= 11 is 0. The number of nitrogens with one attached hydrogen (secondary N) is 1. The molecule has 10 heteroatoms. The van der Waals surface area contributed by atoms with Crippen molar-refractivity contribution < 1.29 is 33.8 Å². The van der Waals surface area contributed by atoms with Gasteiger partial charge in [0.25, 0.3) is 5.91 Å². The molecular formula is C41H43N3O7. The number of aliphatic hydroxyl groups is 1. The first-order valence-corrected chi connectivity index (χ1v) is 17.6. The van der Waals surface area contributed by atoms with Crippen LogP contribution in [-0.4, -0.2) is 77.2 Å². The van der Waals surface area contributed by atoms with Crippen LogP contribution in [0.3, 0.4) is 0 Å². The van der Waals surface area contributed by atoms with Crippen molar-refractivity contribution >= 4 is 29.4 Å². The largest absolute Gasteiger partial charge is 0.455 e. The highest BCUT2D eigenvalue weighted by Crippen LogP contribution is 2.56. The van der Waals surface area contributed by atoms with Gasteiger partial charge in [0, 0.05) is 18.7 Å². The number of esters is 1. The first-order valence-electron chi connectivity index (χ1n) is 17.6. The smallest absolute Gasteiger partial charge is 0.313 e. The van der Waals surface area contributed by atoms with Gasteiger partial charge in [0.05, 0.1) is 31.2 Å².